The first-order valence-corrected chi connectivity index (χ1v) is 10.4. The average Bonchev–Trinajstić information content (AvgIpc) is 3.19. The lowest BCUT2D eigenvalue weighted by molar-refractivity contribution is 0.0939. The van der Waals surface area contributed by atoms with E-state index in [1.807, 2.05) is 41.8 Å². The van der Waals surface area contributed by atoms with E-state index >= 15 is 0 Å². The molecule has 0 aliphatic carbocycles. The van der Waals surface area contributed by atoms with Gasteiger partial charge in [-0.05, 0) is 36.9 Å². The highest BCUT2D eigenvalue weighted by Gasteiger charge is 2.15. The Hall–Kier alpha value is -2.20. The van der Waals surface area contributed by atoms with Crippen LogP contribution in [-0.2, 0) is 0 Å². The number of aromatic nitrogens is 1. The third kappa shape index (κ3) is 4.50. The normalized spacial score (nSPS) is 12.2. The topological polar surface area (TPSA) is 42.0 Å². The zero-order chi connectivity index (χ0) is 18.4. The number of pyridine rings is 1. The molecule has 26 heavy (non-hydrogen) atoms. The molecule has 1 amide bonds. The number of rotatable bonds is 8. The second kappa shape index (κ2) is 8.95. The van der Waals surface area contributed by atoms with Gasteiger partial charge in [0.15, 0.2) is 0 Å². The van der Waals surface area contributed by atoms with Crippen LogP contribution >= 0.6 is 11.3 Å². The van der Waals surface area contributed by atoms with Gasteiger partial charge in [-0.1, -0.05) is 50.8 Å². The maximum absolute atomic E-state index is 12.9. The summed E-state index contributed by atoms with van der Waals surface area (Å²) in [6.07, 6.45) is 5.91. The molecule has 1 N–H and O–H groups in total. The molecule has 4 heteroatoms. The summed E-state index contributed by atoms with van der Waals surface area (Å²) >= 11 is 1.64. The fourth-order valence-electron chi connectivity index (χ4n) is 3.17. The van der Waals surface area contributed by atoms with Gasteiger partial charge in [0.1, 0.15) is 0 Å². The van der Waals surface area contributed by atoms with Crippen molar-refractivity contribution in [2.75, 3.05) is 0 Å². The van der Waals surface area contributed by atoms with E-state index in [9.17, 15) is 4.79 Å². The molecule has 3 nitrogen and oxygen atoms in total. The monoisotopic (exact) mass is 366 g/mol. The molecule has 1 aromatic carbocycles. The largest absolute Gasteiger partial charge is 0.350 e. The molecule has 0 spiro atoms. The maximum Gasteiger partial charge on any atom is 0.252 e. The van der Waals surface area contributed by atoms with Gasteiger partial charge in [-0.3, -0.25) is 4.79 Å². The number of carbonyl (C=O) groups is 1. The van der Waals surface area contributed by atoms with Gasteiger partial charge in [-0.15, -0.1) is 0 Å². The van der Waals surface area contributed by atoms with Crippen LogP contribution in [0.1, 0.15) is 56.3 Å². The zero-order valence-electron chi connectivity index (χ0n) is 15.5. The summed E-state index contributed by atoms with van der Waals surface area (Å²) < 4.78 is 0. The van der Waals surface area contributed by atoms with Crippen molar-refractivity contribution in [2.24, 2.45) is 0 Å². The molecule has 0 bridgehead atoms. The molecule has 0 fully saturated rings. The molecule has 1 atom stereocenters. The SMILES string of the molecule is CCCCCC[C@@H](C)NC(=O)c1cc(-c2ccsc2)nc2ccccc12. The average molecular weight is 367 g/mol. The number of para-hydroxylation sites is 1. The Balaban J connectivity index is 1.82. The lowest BCUT2D eigenvalue weighted by atomic mass is 10.0. The van der Waals surface area contributed by atoms with Crippen molar-refractivity contribution >= 4 is 28.1 Å². The number of hydrogen-bond donors (Lipinski definition) is 1. The number of fused-ring (bicyclic) bond motifs is 1. The smallest absolute Gasteiger partial charge is 0.252 e. The van der Waals surface area contributed by atoms with Gasteiger partial charge in [0.2, 0.25) is 0 Å². The fraction of sp³-hybridized carbons (Fsp3) is 0.364. The van der Waals surface area contributed by atoms with E-state index in [1.54, 1.807) is 11.3 Å². The van der Waals surface area contributed by atoms with Crippen molar-refractivity contribution in [3.63, 3.8) is 0 Å². The van der Waals surface area contributed by atoms with Crippen molar-refractivity contribution in [1.29, 1.82) is 0 Å². The highest BCUT2D eigenvalue weighted by atomic mass is 32.1. The predicted molar refractivity (Wildman–Crippen MR) is 111 cm³/mol. The van der Waals surface area contributed by atoms with Crippen LogP contribution in [0.2, 0.25) is 0 Å². The third-order valence-corrected chi connectivity index (χ3v) is 5.33. The number of nitrogens with one attached hydrogen (secondary N) is 1. The quantitative estimate of drug-likeness (QED) is 0.493. The van der Waals surface area contributed by atoms with Crippen LogP contribution in [0.3, 0.4) is 0 Å². The number of thiophene rings is 1. The Morgan fingerprint density at radius 1 is 1.19 bits per heavy atom. The summed E-state index contributed by atoms with van der Waals surface area (Å²) in [5.41, 5.74) is 3.47. The second-order valence-corrected chi connectivity index (χ2v) is 7.59. The van der Waals surface area contributed by atoms with Crippen LogP contribution in [-0.4, -0.2) is 16.9 Å². The van der Waals surface area contributed by atoms with Crippen LogP contribution in [0.4, 0.5) is 0 Å². The van der Waals surface area contributed by atoms with Crippen molar-refractivity contribution in [2.45, 2.75) is 52.0 Å². The minimum atomic E-state index is -0.0110. The van der Waals surface area contributed by atoms with Gasteiger partial charge < -0.3 is 5.32 Å². The van der Waals surface area contributed by atoms with E-state index in [-0.39, 0.29) is 11.9 Å². The molecule has 0 saturated carbocycles. The standard InChI is InChI=1S/C22H26N2OS/c1-3-4-5-6-9-16(2)23-22(25)19-14-21(17-12-13-26-15-17)24-20-11-8-7-10-18(19)20/h7-8,10-16H,3-6,9H2,1-2H3,(H,23,25)/t16-/m1/s1. The summed E-state index contributed by atoms with van der Waals surface area (Å²) in [6.45, 7) is 4.30. The number of hydrogen-bond acceptors (Lipinski definition) is 3. The van der Waals surface area contributed by atoms with E-state index in [0.29, 0.717) is 5.56 Å². The Labute approximate surface area is 159 Å². The summed E-state index contributed by atoms with van der Waals surface area (Å²) in [4.78, 5) is 17.7. The van der Waals surface area contributed by atoms with Gasteiger partial charge in [-0.2, -0.15) is 11.3 Å². The highest BCUT2D eigenvalue weighted by Crippen LogP contribution is 2.26. The van der Waals surface area contributed by atoms with Crippen LogP contribution < -0.4 is 5.32 Å². The van der Waals surface area contributed by atoms with Gasteiger partial charge in [0.25, 0.3) is 5.91 Å². The molecular formula is C22H26N2OS. The van der Waals surface area contributed by atoms with Crippen LogP contribution in [0, 0.1) is 0 Å². The van der Waals surface area contributed by atoms with Gasteiger partial charge in [0.05, 0.1) is 16.8 Å². The molecule has 0 aliphatic heterocycles. The second-order valence-electron chi connectivity index (χ2n) is 6.81. The zero-order valence-corrected chi connectivity index (χ0v) is 16.3. The number of nitrogens with zero attached hydrogens (tertiary/aromatic N) is 1. The van der Waals surface area contributed by atoms with Crippen LogP contribution in [0.15, 0.2) is 47.2 Å². The van der Waals surface area contributed by atoms with E-state index < -0.39 is 0 Å². The first-order valence-electron chi connectivity index (χ1n) is 9.42. The lowest BCUT2D eigenvalue weighted by Gasteiger charge is -2.15. The Kier molecular flexibility index (Phi) is 6.40. The predicted octanol–water partition coefficient (Wildman–Crippen LogP) is 6.05. The van der Waals surface area contributed by atoms with Gasteiger partial charge >= 0.3 is 0 Å². The molecule has 2 aromatic heterocycles. The molecular weight excluding hydrogens is 340 g/mol. The molecule has 3 rings (SSSR count). The van der Waals surface area contributed by atoms with E-state index in [1.165, 1.54) is 19.3 Å². The minimum Gasteiger partial charge on any atom is -0.350 e. The maximum atomic E-state index is 12.9. The van der Waals surface area contributed by atoms with Crippen molar-refractivity contribution in [3.8, 4) is 11.3 Å². The van der Waals surface area contributed by atoms with Crippen LogP contribution in [0.5, 0.6) is 0 Å². The first kappa shape index (κ1) is 18.6. The van der Waals surface area contributed by atoms with Gasteiger partial charge in [-0.25, -0.2) is 4.98 Å². The molecule has 0 radical (unpaired) electrons. The molecule has 2 heterocycles. The highest BCUT2D eigenvalue weighted by molar-refractivity contribution is 7.08. The molecule has 0 aliphatic rings. The first-order chi connectivity index (χ1) is 12.7. The summed E-state index contributed by atoms with van der Waals surface area (Å²) in [5, 5.41) is 8.18. The van der Waals surface area contributed by atoms with Crippen molar-refractivity contribution in [1.82, 2.24) is 10.3 Å². The number of amides is 1. The van der Waals surface area contributed by atoms with Crippen molar-refractivity contribution < 1.29 is 4.79 Å². The number of carbonyl (C=O) groups excluding carboxylic acids is 1. The number of unbranched alkanes of at least 4 members (excludes halogenated alkanes) is 3. The fourth-order valence-corrected chi connectivity index (χ4v) is 3.82. The number of benzene rings is 1. The Bertz CT molecular complexity index is 858. The van der Waals surface area contributed by atoms with Crippen LogP contribution in [0.25, 0.3) is 22.2 Å². The van der Waals surface area contributed by atoms with Crippen molar-refractivity contribution in [3.05, 3.63) is 52.7 Å². The summed E-state index contributed by atoms with van der Waals surface area (Å²) in [7, 11) is 0. The van der Waals surface area contributed by atoms with E-state index in [4.69, 9.17) is 4.98 Å². The molecule has 136 valence electrons. The Morgan fingerprint density at radius 3 is 2.81 bits per heavy atom. The van der Waals surface area contributed by atoms with E-state index in [0.717, 1.165) is 35.0 Å². The summed E-state index contributed by atoms with van der Waals surface area (Å²) in [6, 6.07) is 12.0. The lowest BCUT2D eigenvalue weighted by Crippen LogP contribution is -2.32. The molecule has 3 aromatic rings. The third-order valence-electron chi connectivity index (χ3n) is 4.65. The molecule has 0 unspecified atom stereocenters. The van der Waals surface area contributed by atoms with Gasteiger partial charge in [0, 0.05) is 22.4 Å². The van der Waals surface area contributed by atoms with E-state index in [2.05, 4.69) is 24.5 Å². The Morgan fingerprint density at radius 2 is 2.04 bits per heavy atom. The molecule has 0 saturated heterocycles. The summed E-state index contributed by atoms with van der Waals surface area (Å²) in [5.74, 6) is -0.0110. The minimum absolute atomic E-state index is 0.0110.